The van der Waals surface area contributed by atoms with Crippen LogP contribution in [0.5, 0.6) is 0 Å². The van der Waals surface area contributed by atoms with E-state index in [1.807, 2.05) is 6.26 Å². The highest BCUT2D eigenvalue weighted by atomic mass is 32.2. The first-order chi connectivity index (χ1) is 6.22. The maximum Gasteiger partial charge on any atom is 0.303 e. The molecule has 0 atom stereocenters. The van der Waals surface area contributed by atoms with Gasteiger partial charge < -0.3 is 9.29 Å². The van der Waals surface area contributed by atoms with E-state index in [-0.39, 0.29) is 0 Å². The SMILES string of the molecule is CSOC1CCC(CC(=O)O)CC1. The lowest BCUT2D eigenvalue weighted by molar-refractivity contribution is -0.138. The summed E-state index contributed by atoms with van der Waals surface area (Å²) in [5.74, 6) is -0.298. The van der Waals surface area contributed by atoms with E-state index in [4.69, 9.17) is 9.29 Å². The van der Waals surface area contributed by atoms with E-state index in [2.05, 4.69) is 0 Å². The molecule has 0 unspecified atom stereocenters. The van der Waals surface area contributed by atoms with Crippen LogP contribution in [-0.2, 0) is 8.98 Å². The quantitative estimate of drug-likeness (QED) is 0.714. The van der Waals surface area contributed by atoms with Crippen LogP contribution in [0.1, 0.15) is 32.1 Å². The molecule has 0 aromatic heterocycles. The van der Waals surface area contributed by atoms with Crippen LogP contribution >= 0.6 is 12.0 Å². The molecule has 0 aromatic carbocycles. The Hall–Kier alpha value is -0.220. The Morgan fingerprint density at radius 2 is 2.08 bits per heavy atom. The minimum atomic E-state index is -0.672. The van der Waals surface area contributed by atoms with Gasteiger partial charge in [-0.15, -0.1) is 0 Å². The molecule has 76 valence electrons. The topological polar surface area (TPSA) is 46.5 Å². The molecule has 0 heterocycles. The second-order valence-electron chi connectivity index (χ2n) is 3.50. The van der Waals surface area contributed by atoms with Crippen LogP contribution in [0.15, 0.2) is 0 Å². The van der Waals surface area contributed by atoms with Crippen molar-refractivity contribution >= 4 is 18.0 Å². The number of carbonyl (C=O) groups is 1. The predicted octanol–water partition coefficient (Wildman–Crippen LogP) is 2.31. The van der Waals surface area contributed by atoms with Crippen molar-refractivity contribution in [3.8, 4) is 0 Å². The predicted molar refractivity (Wildman–Crippen MR) is 52.6 cm³/mol. The summed E-state index contributed by atoms with van der Waals surface area (Å²) in [6.07, 6.45) is 6.61. The molecule has 0 radical (unpaired) electrons. The Morgan fingerprint density at radius 3 is 2.54 bits per heavy atom. The number of carboxylic acids is 1. The van der Waals surface area contributed by atoms with Crippen LogP contribution in [0.25, 0.3) is 0 Å². The van der Waals surface area contributed by atoms with Crippen molar-refractivity contribution in [3.63, 3.8) is 0 Å². The first kappa shape index (κ1) is 10.9. The summed E-state index contributed by atoms with van der Waals surface area (Å²) < 4.78 is 5.41. The summed E-state index contributed by atoms with van der Waals surface area (Å²) in [6.45, 7) is 0. The first-order valence-electron chi connectivity index (χ1n) is 4.63. The fourth-order valence-electron chi connectivity index (χ4n) is 1.82. The van der Waals surface area contributed by atoms with Crippen molar-refractivity contribution in [1.82, 2.24) is 0 Å². The highest BCUT2D eigenvalue weighted by Crippen LogP contribution is 2.29. The number of rotatable bonds is 4. The minimum absolute atomic E-state index is 0.325. The minimum Gasteiger partial charge on any atom is -0.481 e. The molecule has 0 bridgehead atoms. The third-order valence-corrected chi connectivity index (χ3v) is 2.95. The molecule has 1 aliphatic rings. The average molecular weight is 204 g/mol. The van der Waals surface area contributed by atoms with Crippen LogP contribution in [0.3, 0.4) is 0 Å². The number of hydrogen-bond donors (Lipinski definition) is 1. The number of aliphatic carboxylic acids is 1. The van der Waals surface area contributed by atoms with Gasteiger partial charge in [0.1, 0.15) is 0 Å². The fourth-order valence-corrected chi connectivity index (χ4v) is 2.28. The Labute approximate surface area is 83.1 Å². The van der Waals surface area contributed by atoms with Gasteiger partial charge in [0.25, 0.3) is 0 Å². The summed E-state index contributed by atoms with van der Waals surface area (Å²) in [5, 5.41) is 8.60. The normalized spacial score (nSPS) is 28.7. The summed E-state index contributed by atoms with van der Waals surface area (Å²) in [6, 6.07) is 0. The zero-order valence-electron chi connectivity index (χ0n) is 7.86. The molecule has 0 saturated heterocycles. The highest BCUT2D eigenvalue weighted by molar-refractivity contribution is 7.93. The van der Waals surface area contributed by atoms with Gasteiger partial charge in [0.15, 0.2) is 0 Å². The van der Waals surface area contributed by atoms with Crippen LogP contribution in [-0.4, -0.2) is 23.4 Å². The second-order valence-corrected chi connectivity index (χ2v) is 4.03. The van der Waals surface area contributed by atoms with E-state index in [9.17, 15) is 4.79 Å². The van der Waals surface area contributed by atoms with Crippen molar-refractivity contribution in [2.45, 2.75) is 38.2 Å². The zero-order valence-corrected chi connectivity index (χ0v) is 8.68. The first-order valence-corrected chi connectivity index (χ1v) is 5.78. The van der Waals surface area contributed by atoms with E-state index in [0.29, 0.717) is 18.4 Å². The lowest BCUT2D eigenvalue weighted by Gasteiger charge is -2.26. The largest absolute Gasteiger partial charge is 0.481 e. The van der Waals surface area contributed by atoms with Crippen LogP contribution in [0.2, 0.25) is 0 Å². The molecule has 0 aliphatic heterocycles. The highest BCUT2D eigenvalue weighted by Gasteiger charge is 2.23. The Morgan fingerprint density at radius 1 is 1.46 bits per heavy atom. The van der Waals surface area contributed by atoms with E-state index in [0.717, 1.165) is 25.7 Å². The van der Waals surface area contributed by atoms with Gasteiger partial charge in [0, 0.05) is 12.7 Å². The van der Waals surface area contributed by atoms with Crippen LogP contribution in [0.4, 0.5) is 0 Å². The van der Waals surface area contributed by atoms with Crippen molar-refractivity contribution < 1.29 is 14.1 Å². The van der Waals surface area contributed by atoms with Crippen molar-refractivity contribution in [2.75, 3.05) is 6.26 Å². The summed E-state index contributed by atoms with van der Waals surface area (Å²) in [7, 11) is 0. The van der Waals surface area contributed by atoms with Crippen LogP contribution < -0.4 is 0 Å². The molecule has 13 heavy (non-hydrogen) atoms. The van der Waals surface area contributed by atoms with Gasteiger partial charge in [0.05, 0.1) is 6.10 Å². The van der Waals surface area contributed by atoms with Gasteiger partial charge in [-0.05, 0) is 43.6 Å². The molecule has 3 nitrogen and oxygen atoms in total. The van der Waals surface area contributed by atoms with Gasteiger partial charge >= 0.3 is 5.97 Å². The third kappa shape index (κ3) is 4.00. The Bertz CT molecular complexity index is 164. The molecular formula is C9H16O3S. The number of hydrogen-bond acceptors (Lipinski definition) is 3. The average Bonchev–Trinajstić information content (AvgIpc) is 2.08. The summed E-state index contributed by atoms with van der Waals surface area (Å²) >= 11 is 1.41. The van der Waals surface area contributed by atoms with E-state index in [1.165, 1.54) is 12.0 Å². The monoisotopic (exact) mass is 204 g/mol. The molecule has 0 aromatic rings. The standard InChI is InChI=1S/C9H16O3S/c1-13-12-8-4-2-7(3-5-8)6-9(10)11/h7-8H,2-6H2,1H3,(H,10,11). The maximum absolute atomic E-state index is 10.4. The van der Waals surface area contributed by atoms with E-state index in [1.54, 1.807) is 0 Å². The summed E-state index contributed by atoms with van der Waals surface area (Å²) in [5.41, 5.74) is 0. The molecule has 1 fully saturated rings. The third-order valence-electron chi connectivity index (χ3n) is 2.49. The van der Waals surface area contributed by atoms with Gasteiger partial charge in [-0.1, -0.05) is 0 Å². The molecule has 0 spiro atoms. The summed E-state index contributed by atoms with van der Waals surface area (Å²) in [4.78, 5) is 10.4. The molecule has 1 N–H and O–H groups in total. The molecule has 4 heteroatoms. The molecule has 0 amide bonds. The Kier molecular flexibility index (Phi) is 4.59. The molecule has 1 saturated carbocycles. The smallest absolute Gasteiger partial charge is 0.303 e. The van der Waals surface area contributed by atoms with Crippen LogP contribution in [0, 0.1) is 5.92 Å². The van der Waals surface area contributed by atoms with Crippen molar-refractivity contribution in [2.24, 2.45) is 5.92 Å². The van der Waals surface area contributed by atoms with Gasteiger partial charge in [-0.25, -0.2) is 0 Å². The van der Waals surface area contributed by atoms with E-state index >= 15 is 0 Å². The molecule has 1 rings (SSSR count). The lowest BCUT2D eigenvalue weighted by Crippen LogP contribution is -2.21. The molecular weight excluding hydrogens is 188 g/mol. The van der Waals surface area contributed by atoms with Gasteiger partial charge in [0.2, 0.25) is 0 Å². The lowest BCUT2D eigenvalue weighted by atomic mass is 9.85. The van der Waals surface area contributed by atoms with Crippen molar-refractivity contribution in [3.05, 3.63) is 0 Å². The molecule has 1 aliphatic carbocycles. The van der Waals surface area contributed by atoms with E-state index < -0.39 is 5.97 Å². The second kappa shape index (κ2) is 5.50. The Balaban J connectivity index is 2.18. The van der Waals surface area contributed by atoms with Gasteiger partial charge in [-0.2, -0.15) is 0 Å². The zero-order chi connectivity index (χ0) is 9.68. The van der Waals surface area contributed by atoms with Gasteiger partial charge in [-0.3, -0.25) is 4.79 Å². The van der Waals surface area contributed by atoms with Crippen molar-refractivity contribution in [1.29, 1.82) is 0 Å². The fraction of sp³-hybridized carbons (Fsp3) is 0.889. The number of carboxylic acid groups (broad SMARTS) is 1. The maximum atomic E-state index is 10.4.